The van der Waals surface area contributed by atoms with E-state index in [9.17, 15) is 0 Å². The molecular weight excluding hydrogens is 324 g/mol. The minimum Gasteiger partial charge on any atom is -0.372 e. The molecule has 6 heteroatoms. The summed E-state index contributed by atoms with van der Waals surface area (Å²) in [4.78, 5) is 0. The number of ether oxygens (including phenoxy) is 6. The van der Waals surface area contributed by atoms with Crippen LogP contribution < -0.4 is 0 Å². The Labute approximate surface area is 148 Å². The molecule has 0 aliphatic carbocycles. The van der Waals surface area contributed by atoms with Crippen molar-refractivity contribution in [3.8, 4) is 0 Å². The summed E-state index contributed by atoms with van der Waals surface area (Å²) in [6, 6.07) is 9.94. The highest BCUT2D eigenvalue weighted by molar-refractivity contribution is 5.16. The highest BCUT2D eigenvalue weighted by atomic mass is 16.8. The topological polar surface area (TPSA) is 55.4 Å². The lowest BCUT2D eigenvalue weighted by molar-refractivity contribution is -0.343. The van der Waals surface area contributed by atoms with Gasteiger partial charge in [0, 0.05) is 12.2 Å². The summed E-state index contributed by atoms with van der Waals surface area (Å²) in [5.41, 5.74) is 0.993. The first-order valence-corrected chi connectivity index (χ1v) is 9.16. The Bertz CT molecular complexity index is 552. The second-order valence-corrected chi connectivity index (χ2v) is 6.71. The first-order valence-electron chi connectivity index (χ1n) is 9.16. The van der Waals surface area contributed by atoms with Crippen molar-refractivity contribution in [2.24, 2.45) is 0 Å². The van der Waals surface area contributed by atoms with Crippen LogP contribution in [0.3, 0.4) is 0 Å². The molecule has 0 amide bonds. The number of hydrogen-bond donors (Lipinski definition) is 0. The van der Waals surface area contributed by atoms with Crippen molar-refractivity contribution in [2.75, 3.05) is 13.2 Å². The molecule has 25 heavy (non-hydrogen) atoms. The highest BCUT2D eigenvalue weighted by Gasteiger charge is 2.54. The quantitative estimate of drug-likeness (QED) is 0.761. The van der Waals surface area contributed by atoms with Gasteiger partial charge in [-0.1, -0.05) is 43.7 Å². The van der Waals surface area contributed by atoms with Crippen LogP contribution >= 0.6 is 0 Å². The third kappa shape index (κ3) is 3.60. The van der Waals surface area contributed by atoms with Crippen molar-refractivity contribution >= 4 is 0 Å². The molecule has 4 rings (SSSR count). The van der Waals surface area contributed by atoms with Crippen LogP contribution in [0.1, 0.15) is 38.5 Å². The summed E-state index contributed by atoms with van der Waals surface area (Å²) in [7, 11) is 0. The van der Waals surface area contributed by atoms with E-state index in [2.05, 4.69) is 6.92 Å². The van der Waals surface area contributed by atoms with Gasteiger partial charge in [0.1, 0.15) is 24.4 Å². The van der Waals surface area contributed by atoms with Crippen LogP contribution in [0.5, 0.6) is 0 Å². The van der Waals surface area contributed by atoms with E-state index in [0.29, 0.717) is 13.2 Å². The van der Waals surface area contributed by atoms with Gasteiger partial charge >= 0.3 is 0 Å². The van der Waals surface area contributed by atoms with E-state index in [-0.39, 0.29) is 30.7 Å². The highest BCUT2D eigenvalue weighted by Crippen LogP contribution is 2.39. The number of fused-ring (bicyclic) bond motifs is 2. The molecule has 1 aromatic carbocycles. The van der Waals surface area contributed by atoms with Gasteiger partial charge < -0.3 is 28.4 Å². The van der Waals surface area contributed by atoms with Crippen LogP contribution in [0.4, 0.5) is 0 Å². The Balaban J connectivity index is 1.52. The minimum absolute atomic E-state index is 0.221. The van der Waals surface area contributed by atoms with E-state index in [1.807, 2.05) is 37.3 Å². The van der Waals surface area contributed by atoms with E-state index < -0.39 is 12.6 Å². The Hall–Kier alpha value is -1.02. The number of rotatable bonds is 5. The Morgan fingerprint density at radius 1 is 1.04 bits per heavy atom. The fourth-order valence-corrected chi connectivity index (χ4v) is 3.58. The Kier molecular flexibility index (Phi) is 5.36. The van der Waals surface area contributed by atoms with E-state index in [1.165, 1.54) is 0 Å². The summed E-state index contributed by atoms with van der Waals surface area (Å²) >= 11 is 0. The van der Waals surface area contributed by atoms with E-state index in [4.69, 9.17) is 28.4 Å². The molecule has 0 aromatic heterocycles. The molecule has 0 radical (unpaired) electrons. The summed E-state index contributed by atoms with van der Waals surface area (Å²) in [5.74, 6) is 0. The monoisotopic (exact) mass is 350 g/mol. The zero-order valence-corrected chi connectivity index (χ0v) is 14.7. The Morgan fingerprint density at radius 3 is 2.68 bits per heavy atom. The maximum absolute atomic E-state index is 6.26. The van der Waals surface area contributed by atoms with E-state index in [1.54, 1.807) is 0 Å². The Morgan fingerprint density at radius 2 is 1.88 bits per heavy atom. The third-order valence-corrected chi connectivity index (χ3v) is 4.84. The molecule has 3 fully saturated rings. The lowest BCUT2D eigenvalue weighted by atomic mass is 9.97. The normalized spacial score (nSPS) is 40.5. The van der Waals surface area contributed by atoms with Crippen molar-refractivity contribution in [2.45, 2.75) is 70.0 Å². The summed E-state index contributed by atoms with van der Waals surface area (Å²) in [6.07, 6.45) is -0.0383. The smallest absolute Gasteiger partial charge is 0.190 e. The fraction of sp³-hybridized carbons (Fsp3) is 0.684. The standard InChI is InChI=1S/C19H26O6/c1-3-4-10-20-16-15-14(24-19-17(16)22-12(2)23-19)11-21-18(25-15)13-8-6-5-7-9-13/h5-9,12,14-19H,3-4,10-11H2,1-2H3/t12?,14?,15-,16?,17?,18?,19+/m1/s1. The molecular formula is C19H26O6. The first-order chi connectivity index (χ1) is 12.3. The molecule has 138 valence electrons. The van der Waals surface area contributed by atoms with Crippen molar-refractivity contribution in [3.05, 3.63) is 35.9 Å². The molecule has 3 saturated heterocycles. The molecule has 3 heterocycles. The zero-order chi connectivity index (χ0) is 17.2. The molecule has 5 unspecified atom stereocenters. The largest absolute Gasteiger partial charge is 0.372 e. The molecule has 0 saturated carbocycles. The average molecular weight is 350 g/mol. The average Bonchev–Trinajstić information content (AvgIpc) is 3.01. The second-order valence-electron chi connectivity index (χ2n) is 6.71. The molecule has 0 N–H and O–H groups in total. The molecule has 3 aliphatic rings. The van der Waals surface area contributed by atoms with Gasteiger partial charge in [-0.15, -0.1) is 0 Å². The van der Waals surface area contributed by atoms with Crippen LogP contribution in [-0.4, -0.2) is 50.2 Å². The molecule has 3 aliphatic heterocycles. The molecule has 0 spiro atoms. The van der Waals surface area contributed by atoms with Crippen LogP contribution in [0.2, 0.25) is 0 Å². The zero-order valence-electron chi connectivity index (χ0n) is 14.7. The van der Waals surface area contributed by atoms with Gasteiger partial charge in [0.05, 0.1) is 6.61 Å². The van der Waals surface area contributed by atoms with Crippen LogP contribution in [0.25, 0.3) is 0 Å². The fourth-order valence-electron chi connectivity index (χ4n) is 3.58. The van der Waals surface area contributed by atoms with Gasteiger partial charge in [-0.25, -0.2) is 0 Å². The van der Waals surface area contributed by atoms with E-state index >= 15 is 0 Å². The summed E-state index contributed by atoms with van der Waals surface area (Å²) in [6.45, 7) is 5.13. The third-order valence-electron chi connectivity index (χ3n) is 4.84. The van der Waals surface area contributed by atoms with Crippen molar-refractivity contribution in [3.63, 3.8) is 0 Å². The van der Waals surface area contributed by atoms with Crippen molar-refractivity contribution in [1.29, 1.82) is 0 Å². The van der Waals surface area contributed by atoms with Crippen molar-refractivity contribution < 1.29 is 28.4 Å². The number of unbranched alkanes of at least 4 members (excludes halogenated alkanes) is 1. The minimum atomic E-state index is -0.427. The van der Waals surface area contributed by atoms with Gasteiger partial charge in [0.25, 0.3) is 0 Å². The number of benzene rings is 1. The van der Waals surface area contributed by atoms with Crippen LogP contribution in [-0.2, 0) is 28.4 Å². The predicted molar refractivity (Wildman–Crippen MR) is 88.7 cm³/mol. The summed E-state index contributed by atoms with van der Waals surface area (Å²) < 4.78 is 36.0. The van der Waals surface area contributed by atoms with Gasteiger partial charge in [-0.05, 0) is 13.3 Å². The van der Waals surface area contributed by atoms with E-state index in [0.717, 1.165) is 18.4 Å². The maximum atomic E-state index is 6.26. The first kappa shape index (κ1) is 17.4. The van der Waals surface area contributed by atoms with Crippen molar-refractivity contribution in [1.82, 2.24) is 0 Å². The van der Waals surface area contributed by atoms with Crippen LogP contribution in [0, 0.1) is 0 Å². The van der Waals surface area contributed by atoms with Gasteiger partial charge in [0.15, 0.2) is 18.9 Å². The second kappa shape index (κ2) is 7.70. The lowest BCUT2D eigenvalue weighted by Crippen LogP contribution is -2.61. The number of hydrogen-bond acceptors (Lipinski definition) is 6. The van der Waals surface area contributed by atoms with Gasteiger partial charge in [-0.2, -0.15) is 0 Å². The SMILES string of the molecule is CCCCOC1C2OC(C)O[C@H]2OC2COC(c3ccccc3)O[C@H]21. The molecule has 1 aromatic rings. The molecule has 6 nitrogen and oxygen atoms in total. The summed E-state index contributed by atoms with van der Waals surface area (Å²) in [5, 5.41) is 0. The molecule has 0 bridgehead atoms. The van der Waals surface area contributed by atoms with Gasteiger partial charge in [0.2, 0.25) is 0 Å². The van der Waals surface area contributed by atoms with Crippen LogP contribution in [0.15, 0.2) is 30.3 Å². The predicted octanol–water partition coefficient (Wildman–Crippen LogP) is 2.77. The molecule has 7 atom stereocenters. The van der Waals surface area contributed by atoms with Gasteiger partial charge in [-0.3, -0.25) is 0 Å². The lowest BCUT2D eigenvalue weighted by Gasteiger charge is -2.46. The maximum Gasteiger partial charge on any atom is 0.190 e.